The number of amidine groups is 1. The summed E-state index contributed by atoms with van der Waals surface area (Å²) in [5.74, 6) is 1.53. The number of nitrogens with zero attached hydrogens (tertiary/aromatic N) is 4. The second-order valence-electron chi connectivity index (χ2n) is 4.84. The van der Waals surface area contributed by atoms with Gasteiger partial charge in [0.25, 0.3) is 0 Å². The molecule has 2 aliphatic rings. The van der Waals surface area contributed by atoms with Gasteiger partial charge in [-0.25, -0.2) is 4.98 Å². The van der Waals surface area contributed by atoms with Gasteiger partial charge in [0.2, 0.25) is 0 Å². The molecule has 1 N–H and O–H groups in total. The highest BCUT2D eigenvalue weighted by molar-refractivity contribution is 6.40. The van der Waals surface area contributed by atoms with Crippen LogP contribution in [0.1, 0.15) is 11.1 Å². The first-order valence-corrected chi connectivity index (χ1v) is 6.97. The second-order valence-corrected chi connectivity index (χ2v) is 5.25. The van der Waals surface area contributed by atoms with E-state index in [0.717, 1.165) is 29.1 Å². The molecule has 6 heteroatoms. The molecular weight excluding hydrogens is 288 g/mol. The molecule has 4 rings (SSSR count). The van der Waals surface area contributed by atoms with E-state index in [-0.39, 0.29) is 6.01 Å². The molecule has 104 valence electrons. The monoisotopic (exact) mass is 298 g/mol. The molecule has 0 atom stereocenters. The predicted molar refractivity (Wildman–Crippen MR) is 82.7 cm³/mol. The fourth-order valence-corrected chi connectivity index (χ4v) is 2.91. The molecule has 2 aliphatic heterocycles. The second kappa shape index (κ2) is 4.56. The number of aliphatic imine (C=N–C) groups is 1. The van der Waals surface area contributed by atoms with Crippen molar-refractivity contribution in [1.82, 2.24) is 9.97 Å². The van der Waals surface area contributed by atoms with Gasteiger partial charge in [-0.3, -0.25) is 4.99 Å². The van der Waals surface area contributed by atoms with E-state index < -0.39 is 0 Å². The largest absolute Gasteiger partial charge is 0.479 e. The zero-order valence-corrected chi connectivity index (χ0v) is 11.7. The molecule has 0 unspecified atom stereocenters. The topological polar surface area (TPSA) is 61.6 Å². The quantitative estimate of drug-likeness (QED) is 0.879. The molecule has 3 heterocycles. The third-order valence-electron chi connectivity index (χ3n) is 3.58. The first-order chi connectivity index (χ1) is 10.2. The zero-order valence-electron chi connectivity index (χ0n) is 11.0. The molecule has 0 spiro atoms. The van der Waals surface area contributed by atoms with Crippen LogP contribution in [0.25, 0.3) is 11.6 Å². The summed E-state index contributed by atoms with van der Waals surface area (Å²) in [6, 6.07) is 7.46. The number of halogens is 1. The number of anilines is 1. The van der Waals surface area contributed by atoms with Gasteiger partial charge in [-0.1, -0.05) is 29.8 Å². The lowest BCUT2D eigenvalue weighted by atomic mass is 9.98. The van der Waals surface area contributed by atoms with Crippen molar-refractivity contribution in [3.63, 3.8) is 0 Å². The van der Waals surface area contributed by atoms with Crippen LogP contribution >= 0.6 is 11.6 Å². The summed E-state index contributed by atoms with van der Waals surface area (Å²) in [5.41, 5.74) is 2.74. The van der Waals surface area contributed by atoms with Crippen molar-refractivity contribution in [1.29, 1.82) is 0 Å². The number of benzene rings is 1. The minimum absolute atomic E-state index is 0.227. The number of fused-ring (bicyclic) bond motifs is 3. The highest BCUT2D eigenvalue weighted by Gasteiger charge is 2.30. The molecule has 0 radical (unpaired) electrons. The predicted octanol–water partition coefficient (Wildman–Crippen LogP) is 2.61. The van der Waals surface area contributed by atoms with Crippen molar-refractivity contribution >= 4 is 34.9 Å². The number of aromatic hydroxyl groups is 1. The smallest absolute Gasteiger partial charge is 0.315 e. The average molecular weight is 299 g/mol. The minimum atomic E-state index is -0.227. The Balaban J connectivity index is 1.95. The van der Waals surface area contributed by atoms with Gasteiger partial charge in [-0.05, 0) is 12.1 Å². The highest BCUT2D eigenvalue weighted by atomic mass is 35.5. The van der Waals surface area contributed by atoms with Crippen LogP contribution in [0.15, 0.2) is 35.5 Å². The van der Waals surface area contributed by atoms with Crippen molar-refractivity contribution in [2.45, 2.75) is 0 Å². The van der Waals surface area contributed by atoms with Gasteiger partial charge in [0.05, 0.1) is 6.54 Å². The Morgan fingerprint density at radius 1 is 1.24 bits per heavy atom. The van der Waals surface area contributed by atoms with Crippen molar-refractivity contribution in [3.05, 3.63) is 46.6 Å². The normalized spacial score (nSPS) is 16.1. The fraction of sp³-hybridized carbons (Fsp3) is 0.133. The van der Waals surface area contributed by atoms with E-state index in [1.165, 1.54) is 0 Å². The molecule has 0 bridgehead atoms. The third-order valence-corrected chi connectivity index (χ3v) is 3.91. The lowest BCUT2D eigenvalue weighted by Crippen LogP contribution is -2.32. The Labute approximate surface area is 126 Å². The van der Waals surface area contributed by atoms with Crippen LogP contribution in [0.3, 0.4) is 0 Å². The summed E-state index contributed by atoms with van der Waals surface area (Å²) < 4.78 is 0. The molecular formula is C15H11ClN4O. The van der Waals surface area contributed by atoms with Crippen LogP contribution in [0, 0.1) is 0 Å². The fourth-order valence-electron chi connectivity index (χ4n) is 2.67. The van der Waals surface area contributed by atoms with Gasteiger partial charge in [0, 0.05) is 34.5 Å². The van der Waals surface area contributed by atoms with Gasteiger partial charge >= 0.3 is 6.01 Å². The molecule has 1 aromatic carbocycles. The maximum atomic E-state index is 9.50. The Bertz CT molecular complexity index is 800. The molecule has 0 saturated heterocycles. The molecule has 5 nitrogen and oxygen atoms in total. The third kappa shape index (κ3) is 1.89. The molecule has 21 heavy (non-hydrogen) atoms. The zero-order chi connectivity index (χ0) is 14.4. The highest BCUT2D eigenvalue weighted by Crippen LogP contribution is 2.37. The van der Waals surface area contributed by atoms with Crippen molar-refractivity contribution < 1.29 is 5.11 Å². The average Bonchev–Trinajstić information content (AvgIpc) is 2.97. The Morgan fingerprint density at radius 3 is 2.95 bits per heavy atom. The van der Waals surface area contributed by atoms with E-state index in [1.807, 2.05) is 35.2 Å². The van der Waals surface area contributed by atoms with Crippen molar-refractivity contribution in [2.75, 3.05) is 18.0 Å². The van der Waals surface area contributed by atoms with E-state index in [0.29, 0.717) is 17.4 Å². The van der Waals surface area contributed by atoms with Crippen LogP contribution in [0.2, 0.25) is 5.02 Å². The van der Waals surface area contributed by atoms with Gasteiger partial charge < -0.3 is 10.0 Å². The first kappa shape index (κ1) is 12.3. The van der Waals surface area contributed by atoms with Crippen LogP contribution in [-0.4, -0.2) is 34.0 Å². The van der Waals surface area contributed by atoms with Gasteiger partial charge in [-0.15, -0.1) is 0 Å². The lowest BCUT2D eigenvalue weighted by molar-refractivity contribution is 0.430. The summed E-state index contributed by atoms with van der Waals surface area (Å²) in [6.45, 7) is 1.43. The van der Waals surface area contributed by atoms with Crippen molar-refractivity contribution in [3.8, 4) is 6.01 Å². The van der Waals surface area contributed by atoms with Crippen LogP contribution < -0.4 is 4.90 Å². The lowest BCUT2D eigenvalue weighted by Gasteiger charge is -2.27. The van der Waals surface area contributed by atoms with E-state index >= 15 is 0 Å². The van der Waals surface area contributed by atoms with Gasteiger partial charge in [-0.2, -0.15) is 4.98 Å². The molecule has 0 fully saturated rings. The van der Waals surface area contributed by atoms with Crippen LogP contribution in [0.5, 0.6) is 6.01 Å². The summed E-state index contributed by atoms with van der Waals surface area (Å²) >= 11 is 6.31. The Morgan fingerprint density at radius 2 is 2.10 bits per heavy atom. The van der Waals surface area contributed by atoms with E-state index in [1.54, 1.807) is 6.20 Å². The molecule has 1 aromatic heterocycles. The molecule has 0 amide bonds. The first-order valence-electron chi connectivity index (χ1n) is 6.59. The van der Waals surface area contributed by atoms with Crippen LogP contribution in [0.4, 0.5) is 5.82 Å². The number of hydrogen-bond acceptors (Lipinski definition) is 5. The number of aromatic nitrogens is 2. The van der Waals surface area contributed by atoms with E-state index in [4.69, 9.17) is 11.6 Å². The summed E-state index contributed by atoms with van der Waals surface area (Å²) in [5, 5.41) is 10.2. The van der Waals surface area contributed by atoms with Gasteiger partial charge in [0.15, 0.2) is 0 Å². The summed E-state index contributed by atoms with van der Waals surface area (Å²) in [7, 11) is 0. The molecule has 2 aromatic rings. The van der Waals surface area contributed by atoms with Crippen LogP contribution in [-0.2, 0) is 0 Å². The maximum Gasteiger partial charge on any atom is 0.315 e. The van der Waals surface area contributed by atoms with E-state index in [2.05, 4.69) is 15.0 Å². The molecule has 0 aliphatic carbocycles. The minimum Gasteiger partial charge on any atom is -0.479 e. The maximum absolute atomic E-state index is 9.50. The Hall–Kier alpha value is -2.40. The number of hydrogen-bond donors (Lipinski definition) is 1. The molecule has 0 saturated carbocycles. The Kier molecular flexibility index (Phi) is 2.68. The van der Waals surface area contributed by atoms with Gasteiger partial charge in [0.1, 0.15) is 11.7 Å². The summed E-state index contributed by atoms with van der Waals surface area (Å²) in [4.78, 5) is 14.5. The summed E-state index contributed by atoms with van der Waals surface area (Å²) in [6.07, 6.45) is 3.58. The number of rotatable bonds is 1. The van der Waals surface area contributed by atoms with E-state index in [9.17, 15) is 5.11 Å². The van der Waals surface area contributed by atoms with Crippen molar-refractivity contribution in [2.24, 2.45) is 4.99 Å². The SMILES string of the molecule is Oc1ncc2c(n1)N1CCN=C1C(c1ccccc1Cl)=C2. The standard InChI is InChI=1S/C15H11ClN4O/c16-12-4-2-1-3-10(12)11-7-9-8-18-15(21)19-13(9)20-6-5-17-14(11)20/h1-4,7-8H,5-6H2,(H,18,19,21).